The van der Waals surface area contributed by atoms with Gasteiger partial charge in [-0.15, -0.1) is 0 Å². The number of hydrogen-bond acceptors (Lipinski definition) is 8. The van der Waals surface area contributed by atoms with Gasteiger partial charge in [0.1, 0.15) is 6.61 Å². The van der Waals surface area contributed by atoms with Crippen molar-refractivity contribution in [1.29, 1.82) is 0 Å². The molecule has 10 heteroatoms. The third kappa shape index (κ3) is 39.5. The minimum Gasteiger partial charge on any atom is -0.498 e. The van der Waals surface area contributed by atoms with Crippen LogP contribution in [-0.4, -0.2) is 54.5 Å². The first-order valence-corrected chi connectivity index (χ1v) is 22.4. The van der Waals surface area contributed by atoms with Gasteiger partial charge in [-0.2, -0.15) is 0 Å². The Bertz CT molecular complexity index is 1010. The summed E-state index contributed by atoms with van der Waals surface area (Å²) < 4.78 is 33.1. The molecule has 0 heterocycles. The van der Waals surface area contributed by atoms with Gasteiger partial charge < -0.3 is 25.2 Å². The summed E-state index contributed by atoms with van der Waals surface area (Å²) in [5, 5.41) is 9.55. The van der Waals surface area contributed by atoms with E-state index in [2.05, 4.69) is 55.5 Å². The molecular weight excluding hydrogens is 689 g/mol. The van der Waals surface area contributed by atoms with Crippen LogP contribution in [0.4, 0.5) is 0 Å². The molecule has 0 rings (SSSR count). The quantitative estimate of drug-likeness (QED) is 0.0183. The van der Waals surface area contributed by atoms with E-state index in [4.69, 9.17) is 24.3 Å². The highest BCUT2D eigenvalue weighted by Crippen LogP contribution is 2.43. The summed E-state index contributed by atoms with van der Waals surface area (Å²) >= 11 is 0. The summed E-state index contributed by atoms with van der Waals surface area (Å²) in [6, 6.07) is 0. The van der Waals surface area contributed by atoms with E-state index in [9.17, 15) is 19.4 Å². The van der Waals surface area contributed by atoms with Crippen molar-refractivity contribution in [3.8, 4) is 0 Å². The van der Waals surface area contributed by atoms with Crippen molar-refractivity contribution in [3.05, 3.63) is 60.9 Å². The van der Waals surface area contributed by atoms with E-state index in [0.29, 0.717) is 6.42 Å². The molecule has 0 fully saturated rings. The lowest BCUT2D eigenvalue weighted by Gasteiger charge is -2.19. The molecule has 0 aliphatic heterocycles. The number of aliphatic hydroxyl groups is 1. The Morgan fingerprint density at radius 1 is 0.660 bits per heavy atom. The highest BCUT2D eigenvalue weighted by atomic mass is 31.2. The second-order valence-electron chi connectivity index (χ2n) is 13.7. The van der Waals surface area contributed by atoms with Crippen molar-refractivity contribution >= 4 is 13.8 Å². The van der Waals surface area contributed by atoms with Crippen LogP contribution in [0.15, 0.2) is 60.9 Å². The molecule has 0 bridgehead atoms. The standard InChI is InChI=1S/C43H78NO8P/c1-3-5-6-7-8-9-10-11-12-15-18-21-24-27-30-33-37-49-39-42(40-51-53(47,48)50-38-36-44)52-43(46)35-32-29-26-23-20-17-14-13-16-19-22-25-28-31-34-41(45)4-2/h14,16-17,19,23,25-26,28,33,37,41-42,45H,3-13,15,18,20-22,24,27,29-32,34-36,38-40,44H2,1-2H3,(H,47,48)/b17-14-,19-16-,26-23-,28-25-,37-33+/t41-,42-/m1/s1. The summed E-state index contributed by atoms with van der Waals surface area (Å²) in [5.41, 5.74) is 5.35. The Hall–Kier alpha value is -2.00. The van der Waals surface area contributed by atoms with Crippen LogP contribution in [-0.2, 0) is 27.9 Å². The number of hydrogen-bond donors (Lipinski definition) is 3. The lowest BCUT2D eigenvalue weighted by molar-refractivity contribution is -0.153. The Morgan fingerprint density at radius 2 is 1.17 bits per heavy atom. The van der Waals surface area contributed by atoms with Crippen molar-refractivity contribution < 1.29 is 37.9 Å². The van der Waals surface area contributed by atoms with Gasteiger partial charge in [-0.3, -0.25) is 13.8 Å². The summed E-state index contributed by atoms with van der Waals surface area (Å²) in [6.07, 6.45) is 45.6. The number of carbonyl (C=O) groups is 1. The molecule has 308 valence electrons. The van der Waals surface area contributed by atoms with Gasteiger partial charge in [-0.1, -0.05) is 146 Å². The van der Waals surface area contributed by atoms with Crippen molar-refractivity contribution in [2.75, 3.05) is 26.4 Å². The lowest BCUT2D eigenvalue weighted by atomic mass is 10.0. The number of nitrogens with two attached hydrogens (primary N) is 1. The highest BCUT2D eigenvalue weighted by molar-refractivity contribution is 7.47. The normalized spacial score (nSPS) is 14.7. The fourth-order valence-electron chi connectivity index (χ4n) is 5.41. The molecule has 0 amide bonds. The molecule has 0 radical (unpaired) electrons. The first kappa shape index (κ1) is 51.0. The van der Waals surface area contributed by atoms with E-state index < -0.39 is 19.9 Å². The zero-order chi connectivity index (χ0) is 38.9. The van der Waals surface area contributed by atoms with Crippen LogP contribution >= 0.6 is 7.82 Å². The van der Waals surface area contributed by atoms with E-state index in [-0.39, 0.29) is 38.9 Å². The number of carbonyl (C=O) groups excluding carboxylic acids is 1. The van der Waals surface area contributed by atoms with Crippen molar-refractivity contribution in [3.63, 3.8) is 0 Å². The fourth-order valence-corrected chi connectivity index (χ4v) is 6.17. The average molecular weight is 768 g/mol. The number of phosphoric acid groups is 1. The monoisotopic (exact) mass is 768 g/mol. The van der Waals surface area contributed by atoms with E-state index in [1.165, 1.54) is 83.5 Å². The van der Waals surface area contributed by atoms with Crippen LogP contribution in [0.2, 0.25) is 0 Å². The van der Waals surface area contributed by atoms with Gasteiger partial charge in [0, 0.05) is 13.0 Å². The molecule has 0 saturated carbocycles. The minimum absolute atomic E-state index is 0.0000513. The number of allylic oxidation sites excluding steroid dienone is 9. The number of aliphatic hydroxyl groups excluding tert-OH is 1. The maximum atomic E-state index is 12.5. The van der Waals surface area contributed by atoms with Crippen LogP contribution in [0.5, 0.6) is 0 Å². The minimum atomic E-state index is -4.32. The molecule has 0 spiro atoms. The number of esters is 1. The van der Waals surface area contributed by atoms with Gasteiger partial charge in [0.2, 0.25) is 0 Å². The molecule has 1 unspecified atom stereocenters. The first-order valence-electron chi connectivity index (χ1n) is 20.9. The Morgan fingerprint density at radius 3 is 1.72 bits per heavy atom. The van der Waals surface area contributed by atoms with Gasteiger partial charge in [0.15, 0.2) is 6.10 Å². The number of ether oxygens (including phenoxy) is 2. The molecule has 53 heavy (non-hydrogen) atoms. The molecule has 9 nitrogen and oxygen atoms in total. The van der Waals surface area contributed by atoms with Crippen LogP contribution in [0, 0.1) is 0 Å². The predicted octanol–water partition coefficient (Wildman–Crippen LogP) is 11.5. The summed E-state index contributed by atoms with van der Waals surface area (Å²) in [5.74, 6) is -0.419. The van der Waals surface area contributed by atoms with Gasteiger partial charge in [0.25, 0.3) is 0 Å². The molecule has 4 N–H and O–H groups in total. The van der Waals surface area contributed by atoms with Crippen LogP contribution in [0.25, 0.3) is 0 Å². The predicted molar refractivity (Wildman–Crippen MR) is 220 cm³/mol. The van der Waals surface area contributed by atoms with E-state index in [1.807, 2.05) is 13.0 Å². The Kier molecular flexibility index (Phi) is 38.2. The molecule has 0 aromatic rings. The Labute approximate surface area is 324 Å². The molecular formula is C43H78NO8P. The second-order valence-corrected chi connectivity index (χ2v) is 15.2. The van der Waals surface area contributed by atoms with E-state index >= 15 is 0 Å². The SMILES string of the molecule is CCCCCCCCCCCCCCCC/C=C/OC[C@H](COP(=O)(O)OCCN)OC(=O)CCC/C=C\C/C=C\C/C=C\C/C=C\CC[C@H](O)CC. The Balaban J connectivity index is 4.22. The smallest absolute Gasteiger partial charge is 0.472 e. The van der Waals surface area contributed by atoms with E-state index in [0.717, 1.165) is 57.8 Å². The molecule has 0 aromatic heterocycles. The van der Waals surface area contributed by atoms with Gasteiger partial charge >= 0.3 is 13.8 Å². The van der Waals surface area contributed by atoms with Crippen LogP contribution in [0.3, 0.4) is 0 Å². The molecule has 0 aromatic carbocycles. The van der Waals surface area contributed by atoms with E-state index in [1.54, 1.807) is 6.26 Å². The molecule has 3 atom stereocenters. The number of rotatable bonds is 39. The first-order chi connectivity index (χ1) is 25.8. The van der Waals surface area contributed by atoms with Gasteiger partial charge in [-0.25, -0.2) is 4.57 Å². The van der Waals surface area contributed by atoms with Crippen molar-refractivity contribution in [2.45, 2.75) is 180 Å². The molecule has 0 saturated heterocycles. The maximum absolute atomic E-state index is 12.5. The molecule has 0 aliphatic rings. The lowest BCUT2D eigenvalue weighted by Crippen LogP contribution is -2.27. The maximum Gasteiger partial charge on any atom is 0.472 e. The second kappa shape index (κ2) is 39.7. The zero-order valence-electron chi connectivity index (χ0n) is 33.6. The van der Waals surface area contributed by atoms with Gasteiger partial charge in [-0.05, 0) is 70.3 Å². The topological polar surface area (TPSA) is 138 Å². The van der Waals surface area contributed by atoms with Crippen LogP contribution in [0.1, 0.15) is 168 Å². The van der Waals surface area contributed by atoms with Crippen LogP contribution < -0.4 is 5.73 Å². The number of unbranched alkanes of at least 4 members (excludes halogenated alkanes) is 15. The third-order valence-electron chi connectivity index (χ3n) is 8.67. The largest absolute Gasteiger partial charge is 0.498 e. The fraction of sp³-hybridized carbons (Fsp3) is 0.744. The average Bonchev–Trinajstić information content (AvgIpc) is 3.15. The van der Waals surface area contributed by atoms with Crippen molar-refractivity contribution in [1.82, 2.24) is 0 Å². The number of phosphoric ester groups is 1. The van der Waals surface area contributed by atoms with Crippen molar-refractivity contribution in [2.24, 2.45) is 5.73 Å². The third-order valence-corrected chi connectivity index (χ3v) is 9.65. The highest BCUT2D eigenvalue weighted by Gasteiger charge is 2.25. The zero-order valence-corrected chi connectivity index (χ0v) is 34.5. The van der Waals surface area contributed by atoms with Gasteiger partial charge in [0.05, 0.1) is 25.6 Å². The molecule has 0 aliphatic carbocycles. The summed E-state index contributed by atoms with van der Waals surface area (Å²) in [6.45, 7) is 3.88. The summed E-state index contributed by atoms with van der Waals surface area (Å²) in [7, 11) is -4.32. The summed E-state index contributed by atoms with van der Waals surface area (Å²) in [4.78, 5) is 22.4.